The van der Waals surface area contributed by atoms with E-state index in [0.717, 1.165) is 25.5 Å². The molecule has 9 aromatic rings. The van der Waals surface area contributed by atoms with Crippen LogP contribution >= 0.6 is 45.2 Å². The fraction of sp³-hybridized carbons (Fsp3) is 0.236. The second kappa shape index (κ2) is 27.2. The van der Waals surface area contributed by atoms with Gasteiger partial charge in [0, 0.05) is 56.8 Å². The van der Waals surface area contributed by atoms with Crippen molar-refractivity contribution in [1.29, 1.82) is 0 Å². The van der Waals surface area contributed by atoms with E-state index in [-0.39, 0.29) is 60.5 Å². The molecule has 1 aliphatic rings. The maximum absolute atomic E-state index is 14.4. The Morgan fingerprint density at radius 3 is 1.43 bits per heavy atom. The van der Waals surface area contributed by atoms with Crippen molar-refractivity contribution < 1.29 is 57.0 Å². The number of aromatic nitrogens is 6. The molecule has 1 saturated carbocycles. The number of aryl methyl sites for hydroxylation is 4. The van der Waals surface area contributed by atoms with Crippen LogP contribution in [0.2, 0.25) is 0 Å². The number of fused-ring (bicyclic) bond motifs is 3. The number of aliphatic hydroxyl groups is 2. The van der Waals surface area contributed by atoms with Crippen LogP contribution in [0.5, 0.6) is 5.75 Å². The zero-order chi connectivity index (χ0) is 57.9. The van der Waals surface area contributed by atoms with Gasteiger partial charge in [0.1, 0.15) is 57.6 Å². The summed E-state index contributed by atoms with van der Waals surface area (Å²) < 4.78 is 54.8. The van der Waals surface area contributed by atoms with Crippen LogP contribution in [-0.2, 0) is 35.7 Å². The van der Waals surface area contributed by atoms with Crippen LogP contribution in [0.15, 0.2) is 104 Å². The molecule has 10 rings (SSSR count). The van der Waals surface area contributed by atoms with Crippen molar-refractivity contribution in [1.82, 2.24) is 45.1 Å². The van der Waals surface area contributed by atoms with E-state index in [2.05, 4.69) is 69.9 Å². The lowest BCUT2D eigenvalue weighted by Crippen LogP contribution is -2.25. The Balaban J connectivity index is 0.000000159. The summed E-state index contributed by atoms with van der Waals surface area (Å²) in [4.78, 5) is 66.4. The highest BCUT2D eigenvalue weighted by Gasteiger charge is 2.28. The van der Waals surface area contributed by atoms with Gasteiger partial charge in [0.25, 0.3) is 17.7 Å². The van der Waals surface area contributed by atoms with E-state index >= 15 is 0 Å². The fourth-order valence-electron chi connectivity index (χ4n) is 8.33. The average molecular weight is 1340 g/mol. The molecular formula is C55H55F3I2N12O9. The number of halogens is 5. The normalized spacial score (nSPS) is 11.9. The Labute approximate surface area is 488 Å². The molecule has 3 amide bonds. The number of rotatable bonds is 19. The van der Waals surface area contributed by atoms with Crippen molar-refractivity contribution in [3.8, 4) is 5.75 Å². The average Bonchev–Trinajstić information content (AvgIpc) is 4.26. The number of carbonyl (C=O) groups is 3. The summed E-state index contributed by atoms with van der Waals surface area (Å²) in [5.41, 5.74) is 11.1. The van der Waals surface area contributed by atoms with Gasteiger partial charge in [-0.25, -0.2) is 44.6 Å². The van der Waals surface area contributed by atoms with Gasteiger partial charge in [0.2, 0.25) is 0 Å². The molecule has 0 unspecified atom stereocenters. The molecule has 81 heavy (non-hydrogen) atoms. The second-order valence-electron chi connectivity index (χ2n) is 18.1. The molecule has 0 bridgehead atoms. The number of hydrogen-bond acceptors (Lipinski definition) is 15. The molecule has 424 valence electrons. The Morgan fingerprint density at radius 2 is 1.01 bits per heavy atom. The van der Waals surface area contributed by atoms with Crippen molar-refractivity contribution in [2.75, 3.05) is 56.1 Å². The van der Waals surface area contributed by atoms with Crippen molar-refractivity contribution in [2.24, 2.45) is 27.1 Å². The first kappa shape index (κ1) is 59.5. The number of hydroxylamine groups is 3. The number of hydrogen-bond donors (Lipinski definition) is 8. The third-order valence-electron chi connectivity index (χ3n) is 12.5. The number of aliphatic hydroxyl groups excluding tert-OH is 2. The number of amides is 3. The van der Waals surface area contributed by atoms with Gasteiger partial charge < -0.3 is 44.6 Å². The highest BCUT2D eigenvalue weighted by molar-refractivity contribution is 14.1. The van der Waals surface area contributed by atoms with E-state index in [1.807, 2.05) is 28.7 Å². The number of methoxy groups -OCH3 is 1. The molecule has 0 saturated heterocycles. The number of nitrogens with one attached hydrogen (secondary N) is 6. The summed E-state index contributed by atoms with van der Waals surface area (Å²) in [6.07, 6.45) is 7.06. The predicted molar refractivity (Wildman–Crippen MR) is 315 cm³/mol. The minimum Gasteiger partial charge on any atom is -0.495 e. The minimum absolute atomic E-state index is 0.0376. The molecular weight excluding hydrogens is 1280 g/mol. The molecule has 0 atom stereocenters. The molecule has 0 radical (unpaired) electrons. The zero-order valence-corrected chi connectivity index (χ0v) is 48.5. The lowest BCUT2D eigenvalue weighted by atomic mass is 10.2. The van der Waals surface area contributed by atoms with Crippen LogP contribution in [-0.4, -0.2) is 96.7 Å². The number of ether oxygens (including phenoxy) is 1. The van der Waals surface area contributed by atoms with E-state index in [4.69, 9.17) is 29.5 Å². The van der Waals surface area contributed by atoms with Gasteiger partial charge in [0.05, 0.1) is 80.1 Å². The van der Waals surface area contributed by atoms with Gasteiger partial charge in [-0.05, 0) is 155 Å². The fourth-order valence-corrected chi connectivity index (χ4v) is 9.23. The first-order valence-corrected chi connectivity index (χ1v) is 27.0. The van der Waals surface area contributed by atoms with Gasteiger partial charge in [-0.2, -0.15) is 0 Å². The smallest absolute Gasteiger partial charge is 0.279 e. The van der Waals surface area contributed by atoms with E-state index < -0.39 is 29.3 Å². The molecule has 6 heterocycles. The highest BCUT2D eigenvalue weighted by Crippen LogP contribution is 2.36. The number of nitrogens with zero attached hydrogens (tertiary/aromatic N) is 6. The van der Waals surface area contributed by atoms with Gasteiger partial charge in [-0.15, -0.1) is 0 Å². The van der Waals surface area contributed by atoms with Crippen LogP contribution in [0.4, 0.5) is 47.7 Å². The summed E-state index contributed by atoms with van der Waals surface area (Å²) >= 11 is 4.07. The number of pyridine rings is 3. The Hall–Kier alpha value is -7.61. The lowest BCUT2D eigenvalue weighted by molar-refractivity contribution is 0.0167. The summed E-state index contributed by atoms with van der Waals surface area (Å²) in [5, 5.41) is 28.4. The maximum atomic E-state index is 14.4. The van der Waals surface area contributed by atoms with Crippen LogP contribution in [0, 0.1) is 37.4 Å². The second-order valence-corrected chi connectivity index (χ2v) is 20.6. The topological polar surface area (TPSA) is 254 Å². The van der Waals surface area contributed by atoms with Crippen molar-refractivity contribution in [3.63, 3.8) is 0 Å². The summed E-state index contributed by atoms with van der Waals surface area (Å²) in [6, 6.07) is 23.1. The van der Waals surface area contributed by atoms with Gasteiger partial charge in [-0.3, -0.25) is 28.9 Å². The molecule has 3 aromatic carbocycles. The van der Waals surface area contributed by atoms with Crippen LogP contribution in [0.3, 0.4) is 0 Å². The lowest BCUT2D eigenvalue weighted by Gasteiger charge is -2.12. The standard InChI is InChI=1S/C19H18FIN4O2.C18H18FIN4O4.C18H19FN4O3/c1-25-17-13(3-2-8-22-17)16(19(26)24-27-10-11-4-5-11)18(25)23-15-7-6-12(21)9-14(15)20;1-24-16-12(8-11(27-2)9-21-16)15(18(26)23-28-6-5-25)17(24)22-14-4-3-10(20)7-13(14)19;1-11-5-6-14(13(19)10-11)21-17-15(18(25)22-26-9-8-24)12-4-3-7-20-16(12)23(17)2/h2-3,6-9,11,23H,4-5,10H2,1H3,(H,24,26);3-4,7-9,22,25H,5-6H2,1-2H3,(H,23,26);3-7,10,21,24H,8-9H2,1-2H3,(H,22,25). The Bertz CT molecular complexity index is 3760. The van der Waals surface area contributed by atoms with Crippen LogP contribution < -0.4 is 37.1 Å². The van der Waals surface area contributed by atoms with Crippen molar-refractivity contribution >= 4 is 131 Å². The SMILES string of the molecule is COc1cnc2c(c1)c(C(=O)NOCCO)c(Nc1ccc(I)cc1F)n2C.Cc1ccc(Nc2c(C(=O)NOCCO)c3cccnc3n2C)c(F)c1.Cn1c(Nc2ccc(I)cc2F)c(C(=O)NOCC2CC2)c2cccnc21. The molecule has 1 aliphatic carbocycles. The van der Waals surface area contributed by atoms with E-state index in [0.29, 0.717) is 74.4 Å². The zero-order valence-electron chi connectivity index (χ0n) is 44.2. The van der Waals surface area contributed by atoms with Gasteiger partial charge >= 0.3 is 0 Å². The molecule has 0 spiro atoms. The van der Waals surface area contributed by atoms with E-state index in [1.54, 1.807) is 115 Å². The molecule has 0 aliphatic heterocycles. The Morgan fingerprint density at radius 1 is 0.593 bits per heavy atom. The van der Waals surface area contributed by atoms with E-state index in [9.17, 15) is 27.6 Å². The predicted octanol–water partition coefficient (Wildman–Crippen LogP) is 9.27. The largest absolute Gasteiger partial charge is 0.495 e. The molecule has 1 fully saturated rings. The molecule has 8 N–H and O–H groups in total. The molecule has 26 heteroatoms. The monoisotopic (exact) mass is 1340 g/mol. The number of carbonyl (C=O) groups excluding carboxylic acids is 3. The van der Waals surface area contributed by atoms with Gasteiger partial charge in [0.15, 0.2) is 0 Å². The maximum Gasteiger partial charge on any atom is 0.279 e. The van der Waals surface area contributed by atoms with Crippen molar-refractivity contribution in [2.45, 2.75) is 19.8 Å². The van der Waals surface area contributed by atoms with Crippen molar-refractivity contribution in [3.05, 3.63) is 150 Å². The third-order valence-corrected chi connectivity index (χ3v) is 13.8. The Kier molecular flexibility index (Phi) is 20.0. The molecule has 6 aromatic heterocycles. The van der Waals surface area contributed by atoms with E-state index in [1.165, 1.54) is 31.5 Å². The summed E-state index contributed by atoms with van der Waals surface area (Å²) in [6.45, 7) is 1.73. The minimum atomic E-state index is -0.567. The third kappa shape index (κ3) is 14.1. The summed E-state index contributed by atoms with van der Waals surface area (Å²) in [5.74, 6) is -0.581. The molecule has 21 nitrogen and oxygen atoms in total. The first-order valence-electron chi connectivity index (χ1n) is 24.9. The van der Waals surface area contributed by atoms with Gasteiger partial charge in [-0.1, -0.05) is 6.07 Å². The number of benzene rings is 3. The summed E-state index contributed by atoms with van der Waals surface area (Å²) in [7, 11) is 6.72. The van der Waals surface area contributed by atoms with Crippen LogP contribution in [0.1, 0.15) is 49.5 Å². The first-order chi connectivity index (χ1) is 39.0. The quantitative estimate of drug-likeness (QED) is 0.0213. The number of anilines is 6. The highest BCUT2D eigenvalue weighted by atomic mass is 127. The van der Waals surface area contributed by atoms with Crippen LogP contribution in [0.25, 0.3) is 33.1 Å².